The number of rotatable bonds is 1. The highest BCUT2D eigenvalue weighted by Gasteiger charge is 2.02. The van der Waals surface area contributed by atoms with Crippen molar-refractivity contribution in [2.75, 3.05) is 0 Å². The minimum absolute atomic E-state index is 0.00924. The van der Waals surface area contributed by atoms with Gasteiger partial charge in [-0.25, -0.2) is 0 Å². The van der Waals surface area contributed by atoms with Crippen LogP contribution in [0.2, 0.25) is 5.02 Å². The molecule has 1 N–H and O–H groups in total. The second-order valence-corrected chi connectivity index (χ2v) is 3.17. The number of aromatic nitrogens is 1. The molecule has 0 saturated heterocycles. The monoisotopic (exact) mass is 193 g/mol. The highest BCUT2D eigenvalue weighted by atomic mass is 35.5. The van der Waals surface area contributed by atoms with Crippen LogP contribution in [0.4, 0.5) is 0 Å². The van der Waals surface area contributed by atoms with E-state index in [0.29, 0.717) is 5.02 Å². The molecule has 0 amide bonds. The Morgan fingerprint density at radius 2 is 2.15 bits per heavy atom. The SMILES string of the molecule is OCc1cccc2c(Cl)ccnc12. The summed E-state index contributed by atoms with van der Waals surface area (Å²) >= 11 is 5.96. The molecule has 0 atom stereocenters. The Morgan fingerprint density at radius 1 is 1.31 bits per heavy atom. The fraction of sp³-hybridized carbons (Fsp3) is 0.100. The van der Waals surface area contributed by atoms with Gasteiger partial charge < -0.3 is 5.11 Å². The van der Waals surface area contributed by atoms with Gasteiger partial charge >= 0.3 is 0 Å². The summed E-state index contributed by atoms with van der Waals surface area (Å²) in [7, 11) is 0. The minimum Gasteiger partial charge on any atom is -0.392 e. The van der Waals surface area contributed by atoms with Crippen LogP contribution in [0.15, 0.2) is 30.5 Å². The molecule has 2 nitrogen and oxygen atoms in total. The van der Waals surface area contributed by atoms with Gasteiger partial charge in [-0.15, -0.1) is 0 Å². The smallest absolute Gasteiger partial charge is 0.0772 e. The van der Waals surface area contributed by atoms with Crippen molar-refractivity contribution >= 4 is 22.5 Å². The molecule has 66 valence electrons. The Balaban J connectivity index is 2.84. The normalized spacial score (nSPS) is 10.6. The zero-order valence-electron chi connectivity index (χ0n) is 6.87. The molecule has 1 heterocycles. The zero-order chi connectivity index (χ0) is 9.26. The fourth-order valence-electron chi connectivity index (χ4n) is 1.33. The number of benzene rings is 1. The molecule has 3 heteroatoms. The van der Waals surface area contributed by atoms with Crippen LogP contribution in [0, 0.1) is 0 Å². The molecule has 0 bridgehead atoms. The lowest BCUT2D eigenvalue weighted by Crippen LogP contribution is -1.88. The number of hydrogen-bond donors (Lipinski definition) is 1. The predicted molar refractivity (Wildman–Crippen MR) is 52.7 cm³/mol. The van der Waals surface area contributed by atoms with Crippen molar-refractivity contribution in [3.05, 3.63) is 41.0 Å². The van der Waals surface area contributed by atoms with Crippen molar-refractivity contribution in [1.82, 2.24) is 4.98 Å². The number of hydrogen-bond acceptors (Lipinski definition) is 2. The van der Waals surface area contributed by atoms with E-state index in [-0.39, 0.29) is 6.61 Å². The van der Waals surface area contributed by atoms with Crippen molar-refractivity contribution in [1.29, 1.82) is 0 Å². The van der Waals surface area contributed by atoms with E-state index in [1.54, 1.807) is 12.3 Å². The molecule has 0 aliphatic heterocycles. The summed E-state index contributed by atoms with van der Waals surface area (Å²) < 4.78 is 0. The van der Waals surface area contributed by atoms with Gasteiger partial charge in [-0.1, -0.05) is 29.8 Å². The van der Waals surface area contributed by atoms with Crippen molar-refractivity contribution in [2.45, 2.75) is 6.61 Å². The largest absolute Gasteiger partial charge is 0.392 e. The lowest BCUT2D eigenvalue weighted by Gasteiger charge is -2.02. The molecule has 1 aromatic heterocycles. The Bertz CT molecular complexity index is 442. The first-order valence-electron chi connectivity index (χ1n) is 3.96. The fourth-order valence-corrected chi connectivity index (χ4v) is 1.54. The second kappa shape index (κ2) is 3.32. The van der Waals surface area contributed by atoms with E-state index < -0.39 is 0 Å². The number of para-hydroxylation sites is 1. The summed E-state index contributed by atoms with van der Waals surface area (Å²) in [6.45, 7) is -0.00924. The summed E-state index contributed by atoms with van der Waals surface area (Å²) in [5, 5.41) is 10.6. The van der Waals surface area contributed by atoms with E-state index in [1.807, 2.05) is 18.2 Å². The van der Waals surface area contributed by atoms with Crippen LogP contribution in [0.1, 0.15) is 5.56 Å². The molecule has 0 aliphatic carbocycles. The van der Waals surface area contributed by atoms with Gasteiger partial charge in [0, 0.05) is 17.1 Å². The summed E-state index contributed by atoms with van der Waals surface area (Å²) in [5.74, 6) is 0. The van der Waals surface area contributed by atoms with Crippen LogP contribution in [0.3, 0.4) is 0 Å². The second-order valence-electron chi connectivity index (χ2n) is 2.76. The predicted octanol–water partition coefficient (Wildman–Crippen LogP) is 2.38. The van der Waals surface area contributed by atoms with E-state index in [0.717, 1.165) is 16.5 Å². The Hall–Kier alpha value is -1.12. The summed E-state index contributed by atoms with van der Waals surface area (Å²) in [6, 6.07) is 7.34. The molecule has 0 aliphatic rings. The Labute approximate surface area is 80.8 Å². The van der Waals surface area contributed by atoms with Crippen LogP contribution in [-0.4, -0.2) is 10.1 Å². The molecular weight excluding hydrogens is 186 g/mol. The third-order valence-electron chi connectivity index (χ3n) is 1.97. The molecule has 2 aromatic rings. The summed E-state index contributed by atoms with van der Waals surface area (Å²) in [4.78, 5) is 4.17. The third-order valence-corrected chi connectivity index (χ3v) is 2.30. The summed E-state index contributed by atoms with van der Waals surface area (Å²) in [6.07, 6.45) is 1.64. The van der Waals surface area contributed by atoms with Gasteiger partial charge in [-0.2, -0.15) is 0 Å². The first kappa shape index (κ1) is 8.48. The zero-order valence-corrected chi connectivity index (χ0v) is 7.62. The van der Waals surface area contributed by atoms with Crippen LogP contribution in [0.5, 0.6) is 0 Å². The van der Waals surface area contributed by atoms with Gasteiger partial charge in [0.25, 0.3) is 0 Å². The molecule has 0 spiro atoms. The number of aliphatic hydroxyl groups excluding tert-OH is 1. The highest BCUT2D eigenvalue weighted by Crippen LogP contribution is 2.23. The summed E-state index contributed by atoms with van der Waals surface area (Å²) in [5.41, 5.74) is 1.58. The number of fused-ring (bicyclic) bond motifs is 1. The molecule has 0 radical (unpaired) electrons. The number of halogens is 1. The highest BCUT2D eigenvalue weighted by molar-refractivity contribution is 6.35. The van der Waals surface area contributed by atoms with Gasteiger partial charge in [0.05, 0.1) is 17.1 Å². The van der Waals surface area contributed by atoms with Crippen molar-refractivity contribution in [2.24, 2.45) is 0 Å². The van der Waals surface area contributed by atoms with Crippen LogP contribution in [0.25, 0.3) is 10.9 Å². The Kier molecular flexibility index (Phi) is 2.17. The number of aliphatic hydroxyl groups is 1. The molecule has 1 aromatic carbocycles. The average Bonchev–Trinajstić information content (AvgIpc) is 2.18. The van der Waals surface area contributed by atoms with Gasteiger partial charge in [0.15, 0.2) is 0 Å². The number of nitrogens with zero attached hydrogens (tertiary/aromatic N) is 1. The molecule has 0 fully saturated rings. The van der Waals surface area contributed by atoms with Gasteiger partial charge in [-0.3, -0.25) is 4.98 Å². The first-order valence-corrected chi connectivity index (χ1v) is 4.33. The number of pyridine rings is 1. The van der Waals surface area contributed by atoms with Crippen molar-refractivity contribution < 1.29 is 5.11 Å². The standard InChI is InChI=1S/C10H8ClNO/c11-9-4-5-12-10-7(6-13)2-1-3-8(9)10/h1-5,13H,6H2. The molecular formula is C10H8ClNO. The van der Waals surface area contributed by atoms with E-state index in [1.165, 1.54) is 0 Å². The van der Waals surface area contributed by atoms with Gasteiger partial charge in [0.2, 0.25) is 0 Å². The van der Waals surface area contributed by atoms with E-state index in [2.05, 4.69) is 4.98 Å². The van der Waals surface area contributed by atoms with Crippen molar-refractivity contribution in [3.63, 3.8) is 0 Å². The van der Waals surface area contributed by atoms with Gasteiger partial charge in [0.1, 0.15) is 0 Å². The first-order chi connectivity index (χ1) is 6.33. The van der Waals surface area contributed by atoms with Gasteiger partial charge in [-0.05, 0) is 6.07 Å². The van der Waals surface area contributed by atoms with Crippen LogP contribution in [-0.2, 0) is 6.61 Å². The maximum Gasteiger partial charge on any atom is 0.0772 e. The Morgan fingerprint density at radius 3 is 2.92 bits per heavy atom. The van der Waals surface area contributed by atoms with Crippen LogP contribution < -0.4 is 0 Å². The molecule has 0 saturated carbocycles. The maximum atomic E-state index is 9.04. The quantitative estimate of drug-likeness (QED) is 0.755. The van der Waals surface area contributed by atoms with Crippen LogP contribution >= 0.6 is 11.6 Å². The molecule has 13 heavy (non-hydrogen) atoms. The van der Waals surface area contributed by atoms with E-state index in [9.17, 15) is 0 Å². The van der Waals surface area contributed by atoms with E-state index in [4.69, 9.17) is 16.7 Å². The third kappa shape index (κ3) is 1.39. The molecule has 0 unspecified atom stereocenters. The topological polar surface area (TPSA) is 33.1 Å². The minimum atomic E-state index is -0.00924. The van der Waals surface area contributed by atoms with Crippen molar-refractivity contribution in [3.8, 4) is 0 Å². The lowest BCUT2D eigenvalue weighted by atomic mass is 10.1. The average molecular weight is 194 g/mol. The maximum absolute atomic E-state index is 9.04. The van der Waals surface area contributed by atoms with E-state index >= 15 is 0 Å². The molecule has 2 rings (SSSR count). The lowest BCUT2D eigenvalue weighted by molar-refractivity contribution is 0.283.